The molecule has 1 aliphatic heterocycles. The highest BCUT2D eigenvalue weighted by atomic mass is 16.5. The Morgan fingerprint density at radius 1 is 1.15 bits per heavy atom. The summed E-state index contributed by atoms with van der Waals surface area (Å²) in [6.45, 7) is 9.36. The number of ether oxygens (including phenoxy) is 1. The van der Waals surface area contributed by atoms with Crippen molar-refractivity contribution >= 4 is 0 Å². The maximum atomic E-state index is 11.0. The molecule has 0 spiro atoms. The van der Waals surface area contributed by atoms with Gasteiger partial charge in [0.25, 0.3) is 0 Å². The molecular weight excluding hydrogens is 326 g/mol. The van der Waals surface area contributed by atoms with E-state index in [4.69, 9.17) is 4.74 Å². The first-order valence-corrected chi connectivity index (χ1v) is 9.49. The summed E-state index contributed by atoms with van der Waals surface area (Å²) >= 11 is 0. The van der Waals surface area contributed by atoms with Crippen molar-refractivity contribution in [3.05, 3.63) is 46.8 Å². The standard InChI is InChI=1S/C21H31N3O2/c1-16-6-7-20(12-17(16)2)26-15-21(25)8-5-10-24(11-9-21)14-19-13-23(4)22-18(19)3/h6-7,12-13,25H,5,8-11,14-15H2,1-4H3. The van der Waals surface area contributed by atoms with Crippen LogP contribution >= 0.6 is 0 Å². The van der Waals surface area contributed by atoms with E-state index < -0.39 is 5.60 Å². The zero-order valence-corrected chi connectivity index (χ0v) is 16.5. The lowest BCUT2D eigenvalue weighted by Crippen LogP contribution is -2.37. The smallest absolute Gasteiger partial charge is 0.119 e. The molecule has 0 saturated carbocycles. The molecule has 142 valence electrons. The summed E-state index contributed by atoms with van der Waals surface area (Å²) in [4.78, 5) is 2.41. The van der Waals surface area contributed by atoms with Gasteiger partial charge in [-0.1, -0.05) is 6.07 Å². The minimum absolute atomic E-state index is 0.356. The van der Waals surface area contributed by atoms with Gasteiger partial charge < -0.3 is 9.84 Å². The van der Waals surface area contributed by atoms with Gasteiger partial charge in [0.15, 0.2) is 0 Å². The lowest BCUT2D eigenvalue weighted by atomic mass is 9.96. The van der Waals surface area contributed by atoms with Crippen LogP contribution in [0.25, 0.3) is 0 Å². The molecule has 1 saturated heterocycles. The summed E-state index contributed by atoms with van der Waals surface area (Å²) in [7, 11) is 1.96. The molecule has 1 aromatic carbocycles. The van der Waals surface area contributed by atoms with E-state index >= 15 is 0 Å². The Bertz CT molecular complexity index is 756. The number of hydrogen-bond acceptors (Lipinski definition) is 4. The second kappa shape index (κ2) is 7.80. The maximum Gasteiger partial charge on any atom is 0.119 e. The highest BCUT2D eigenvalue weighted by Gasteiger charge is 2.31. The summed E-state index contributed by atoms with van der Waals surface area (Å²) in [6, 6.07) is 6.10. The summed E-state index contributed by atoms with van der Waals surface area (Å²) in [5.41, 5.74) is 4.08. The molecule has 5 heteroatoms. The molecule has 1 fully saturated rings. The summed E-state index contributed by atoms with van der Waals surface area (Å²) in [6.07, 6.45) is 4.58. The topological polar surface area (TPSA) is 50.5 Å². The zero-order valence-electron chi connectivity index (χ0n) is 16.5. The molecule has 2 heterocycles. The van der Waals surface area contributed by atoms with Crippen LogP contribution < -0.4 is 4.74 Å². The quantitative estimate of drug-likeness (QED) is 0.893. The highest BCUT2D eigenvalue weighted by molar-refractivity contribution is 5.33. The largest absolute Gasteiger partial charge is 0.491 e. The van der Waals surface area contributed by atoms with Crippen molar-refractivity contribution < 1.29 is 9.84 Å². The lowest BCUT2D eigenvalue weighted by Gasteiger charge is -2.27. The number of nitrogens with zero attached hydrogens (tertiary/aromatic N) is 3. The molecule has 1 aromatic heterocycles. The molecule has 1 aliphatic rings. The van der Waals surface area contributed by atoms with Gasteiger partial charge in [-0.15, -0.1) is 0 Å². The van der Waals surface area contributed by atoms with Crippen LogP contribution in [0.2, 0.25) is 0 Å². The molecule has 0 aliphatic carbocycles. The minimum Gasteiger partial charge on any atom is -0.491 e. The molecule has 3 rings (SSSR count). The second-order valence-electron chi connectivity index (χ2n) is 7.80. The molecule has 1 N–H and O–H groups in total. The van der Waals surface area contributed by atoms with Crippen molar-refractivity contribution in [2.75, 3.05) is 19.7 Å². The van der Waals surface area contributed by atoms with Gasteiger partial charge >= 0.3 is 0 Å². The van der Waals surface area contributed by atoms with E-state index in [9.17, 15) is 5.11 Å². The Hall–Kier alpha value is -1.85. The molecule has 0 radical (unpaired) electrons. The minimum atomic E-state index is -0.752. The van der Waals surface area contributed by atoms with Crippen molar-refractivity contribution in [2.45, 2.75) is 52.2 Å². The SMILES string of the molecule is Cc1ccc(OCC2(O)CCCN(Cc3cn(C)nc3C)CC2)cc1C. The van der Waals surface area contributed by atoms with Gasteiger partial charge in [0.2, 0.25) is 0 Å². The molecular formula is C21H31N3O2. The predicted molar refractivity (Wildman–Crippen MR) is 103 cm³/mol. The van der Waals surface area contributed by atoms with Crippen LogP contribution in [0.15, 0.2) is 24.4 Å². The normalized spacial score (nSPS) is 21.6. The second-order valence-corrected chi connectivity index (χ2v) is 7.80. The number of benzene rings is 1. The number of aliphatic hydroxyl groups is 1. The Balaban J connectivity index is 1.56. The van der Waals surface area contributed by atoms with Crippen molar-refractivity contribution in [3.63, 3.8) is 0 Å². The molecule has 5 nitrogen and oxygen atoms in total. The summed E-state index contributed by atoms with van der Waals surface area (Å²) in [5, 5.41) is 15.4. The average Bonchev–Trinajstić information content (AvgIpc) is 2.79. The third-order valence-corrected chi connectivity index (χ3v) is 5.50. The zero-order chi connectivity index (χ0) is 18.7. The van der Waals surface area contributed by atoms with Crippen LogP contribution in [0.3, 0.4) is 0 Å². The van der Waals surface area contributed by atoms with Gasteiger partial charge in [0.05, 0.1) is 11.3 Å². The molecule has 2 aromatic rings. The van der Waals surface area contributed by atoms with Crippen LogP contribution in [0, 0.1) is 20.8 Å². The van der Waals surface area contributed by atoms with E-state index in [0.717, 1.165) is 50.3 Å². The van der Waals surface area contributed by atoms with Gasteiger partial charge in [0.1, 0.15) is 12.4 Å². The van der Waals surface area contributed by atoms with E-state index in [-0.39, 0.29) is 0 Å². The van der Waals surface area contributed by atoms with Crippen LogP contribution in [0.1, 0.15) is 41.6 Å². The van der Waals surface area contributed by atoms with Crippen molar-refractivity contribution in [2.24, 2.45) is 7.05 Å². The molecule has 26 heavy (non-hydrogen) atoms. The number of rotatable bonds is 5. The number of aromatic nitrogens is 2. The average molecular weight is 357 g/mol. The predicted octanol–water partition coefficient (Wildman–Crippen LogP) is 3.14. The third kappa shape index (κ3) is 4.65. The fourth-order valence-corrected chi connectivity index (χ4v) is 3.60. The van der Waals surface area contributed by atoms with Gasteiger partial charge in [0, 0.05) is 31.9 Å². The van der Waals surface area contributed by atoms with Crippen LogP contribution in [-0.2, 0) is 13.6 Å². The van der Waals surface area contributed by atoms with E-state index in [2.05, 4.69) is 43.0 Å². The fraction of sp³-hybridized carbons (Fsp3) is 0.571. The van der Waals surface area contributed by atoms with Crippen LogP contribution in [0.4, 0.5) is 0 Å². The maximum absolute atomic E-state index is 11.0. The van der Waals surface area contributed by atoms with Gasteiger partial charge in [-0.2, -0.15) is 5.10 Å². The van der Waals surface area contributed by atoms with E-state index in [1.807, 2.05) is 23.9 Å². The molecule has 1 atom stereocenters. The van der Waals surface area contributed by atoms with E-state index in [1.54, 1.807) is 0 Å². The fourth-order valence-electron chi connectivity index (χ4n) is 3.60. The van der Waals surface area contributed by atoms with Gasteiger partial charge in [-0.05, 0) is 69.8 Å². The molecule has 0 bridgehead atoms. The first-order valence-electron chi connectivity index (χ1n) is 9.49. The highest BCUT2D eigenvalue weighted by Crippen LogP contribution is 2.26. The van der Waals surface area contributed by atoms with Crippen molar-refractivity contribution in [3.8, 4) is 5.75 Å². The molecule has 1 unspecified atom stereocenters. The summed E-state index contributed by atoms with van der Waals surface area (Å²) in [5.74, 6) is 0.841. The Kier molecular flexibility index (Phi) is 5.68. The monoisotopic (exact) mass is 357 g/mol. The van der Waals surface area contributed by atoms with Gasteiger partial charge in [-0.25, -0.2) is 0 Å². The first-order chi connectivity index (χ1) is 12.3. The first kappa shape index (κ1) is 18.9. The van der Waals surface area contributed by atoms with Crippen molar-refractivity contribution in [1.82, 2.24) is 14.7 Å². The third-order valence-electron chi connectivity index (χ3n) is 5.50. The lowest BCUT2D eigenvalue weighted by molar-refractivity contribution is -0.0168. The number of aryl methyl sites for hydroxylation is 4. The number of likely N-dealkylation sites (tertiary alicyclic amines) is 1. The van der Waals surface area contributed by atoms with Crippen LogP contribution in [-0.4, -0.2) is 45.1 Å². The van der Waals surface area contributed by atoms with E-state index in [1.165, 1.54) is 16.7 Å². The van der Waals surface area contributed by atoms with Crippen molar-refractivity contribution in [1.29, 1.82) is 0 Å². The summed E-state index contributed by atoms with van der Waals surface area (Å²) < 4.78 is 7.81. The van der Waals surface area contributed by atoms with Crippen LogP contribution in [0.5, 0.6) is 5.75 Å². The number of hydrogen-bond donors (Lipinski definition) is 1. The Morgan fingerprint density at radius 3 is 2.65 bits per heavy atom. The van der Waals surface area contributed by atoms with Gasteiger partial charge in [-0.3, -0.25) is 9.58 Å². The van der Waals surface area contributed by atoms with E-state index in [0.29, 0.717) is 6.61 Å². The Morgan fingerprint density at radius 2 is 1.96 bits per heavy atom. The Labute approximate surface area is 156 Å². The molecule has 0 amide bonds.